The number of anilines is 1. The number of aliphatic hydroxyl groups is 1. The van der Waals surface area contributed by atoms with Crippen molar-refractivity contribution in [2.24, 2.45) is 0 Å². The smallest absolute Gasteiger partial charge is 0.339 e. The molecule has 1 fully saturated rings. The summed E-state index contributed by atoms with van der Waals surface area (Å²) in [6.45, 7) is 1.98. The number of aliphatic hydroxyl groups excluding tert-OH is 1. The molecule has 0 aromatic carbocycles. The van der Waals surface area contributed by atoms with E-state index in [2.05, 4.69) is 10.3 Å². The van der Waals surface area contributed by atoms with Crippen LogP contribution in [0.1, 0.15) is 48.7 Å². The molecule has 2 rings (SSSR count). The predicted molar refractivity (Wildman–Crippen MR) is 72.5 cm³/mol. The first-order valence-electron chi connectivity index (χ1n) is 6.77. The van der Waals surface area contributed by atoms with Gasteiger partial charge in [-0.2, -0.15) is 0 Å². The SMILES string of the molecule is CCc1cc(NC2CCCC(O)C2)c(C(=O)O)cn1. The van der Waals surface area contributed by atoms with Crippen LogP contribution in [0.5, 0.6) is 0 Å². The van der Waals surface area contributed by atoms with Crippen molar-refractivity contribution in [3.63, 3.8) is 0 Å². The minimum Gasteiger partial charge on any atom is -0.478 e. The number of aromatic carboxylic acids is 1. The minimum atomic E-state index is -0.978. The van der Waals surface area contributed by atoms with Crippen LogP contribution in [0.2, 0.25) is 0 Å². The van der Waals surface area contributed by atoms with E-state index in [1.54, 1.807) is 6.07 Å². The molecule has 1 aromatic heterocycles. The Morgan fingerprint density at radius 1 is 1.53 bits per heavy atom. The molecule has 2 atom stereocenters. The average Bonchev–Trinajstić information content (AvgIpc) is 2.38. The van der Waals surface area contributed by atoms with Gasteiger partial charge in [0.1, 0.15) is 5.56 Å². The highest BCUT2D eigenvalue weighted by atomic mass is 16.4. The maximum atomic E-state index is 11.2. The lowest BCUT2D eigenvalue weighted by atomic mass is 9.92. The van der Waals surface area contributed by atoms with Crippen LogP contribution in [-0.2, 0) is 6.42 Å². The monoisotopic (exact) mass is 264 g/mol. The van der Waals surface area contributed by atoms with Gasteiger partial charge in [-0.15, -0.1) is 0 Å². The molecule has 0 aliphatic heterocycles. The van der Waals surface area contributed by atoms with E-state index in [-0.39, 0.29) is 17.7 Å². The van der Waals surface area contributed by atoms with Gasteiger partial charge in [-0.05, 0) is 38.2 Å². The lowest BCUT2D eigenvalue weighted by Crippen LogP contribution is -2.30. The van der Waals surface area contributed by atoms with E-state index in [1.165, 1.54) is 6.20 Å². The molecule has 2 unspecified atom stereocenters. The Morgan fingerprint density at radius 2 is 2.32 bits per heavy atom. The first-order valence-corrected chi connectivity index (χ1v) is 6.77. The maximum absolute atomic E-state index is 11.2. The third-order valence-electron chi connectivity index (χ3n) is 3.56. The Kier molecular flexibility index (Phi) is 4.37. The molecule has 0 spiro atoms. The van der Waals surface area contributed by atoms with Crippen molar-refractivity contribution < 1.29 is 15.0 Å². The molecule has 1 aromatic rings. The summed E-state index contributed by atoms with van der Waals surface area (Å²) in [6.07, 6.45) is 5.31. The molecule has 19 heavy (non-hydrogen) atoms. The van der Waals surface area contributed by atoms with Gasteiger partial charge in [-0.3, -0.25) is 4.98 Å². The second kappa shape index (κ2) is 6.02. The van der Waals surface area contributed by atoms with Crippen molar-refractivity contribution in [2.45, 2.75) is 51.2 Å². The van der Waals surface area contributed by atoms with Gasteiger partial charge in [0.2, 0.25) is 0 Å². The normalized spacial score (nSPS) is 23.1. The number of hydrogen-bond donors (Lipinski definition) is 3. The Labute approximate surface area is 112 Å². The van der Waals surface area contributed by atoms with Gasteiger partial charge < -0.3 is 15.5 Å². The van der Waals surface area contributed by atoms with Crippen molar-refractivity contribution in [3.8, 4) is 0 Å². The zero-order valence-electron chi connectivity index (χ0n) is 11.1. The highest BCUT2D eigenvalue weighted by Gasteiger charge is 2.22. The Bertz CT molecular complexity index is 462. The molecule has 5 nitrogen and oxygen atoms in total. The zero-order valence-corrected chi connectivity index (χ0v) is 11.1. The van der Waals surface area contributed by atoms with E-state index in [1.807, 2.05) is 6.92 Å². The van der Waals surface area contributed by atoms with Crippen LogP contribution in [-0.4, -0.2) is 33.3 Å². The van der Waals surface area contributed by atoms with Crippen LogP contribution in [0.25, 0.3) is 0 Å². The Balaban J connectivity index is 2.19. The number of nitrogens with one attached hydrogen (secondary N) is 1. The van der Waals surface area contributed by atoms with E-state index >= 15 is 0 Å². The lowest BCUT2D eigenvalue weighted by molar-refractivity contribution is 0.0697. The van der Waals surface area contributed by atoms with Crippen LogP contribution in [0.4, 0.5) is 5.69 Å². The van der Waals surface area contributed by atoms with Gasteiger partial charge in [0.25, 0.3) is 0 Å². The molecular formula is C14H20N2O3. The Morgan fingerprint density at radius 3 is 2.95 bits per heavy atom. The highest BCUT2D eigenvalue weighted by Crippen LogP contribution is 2.24. The second-order valence-electron chi connectivity index (χ2n) is 5.04. The number of carboxylic acids is 1. The van der Waals surface area contributed by atoms with Gasteiger partial charge >= 0.3 is 5.97 Å². The van der Waals surface area contributed by atoms with Gasteiger partial charge in [0.15, 0.2) is 0 Å². The van der Waals surface area contributed by atoms with Crippen molar-refractivity contribution in [1.29, 1.82) is 0 Å². The third-order valence-corrected chi connectivity index (χ3v) is 3.56. The summed E-state index contributed by atoms with van der Waals surface area (Å²) >= 11 is 0. The number of rotatable bonds is 4. The Hall–Kier alpha value is -1.62. The van der Waals surface area contributed by atoms with Crippen LogP contribution in [0.3, 0.4) is 0 Å². The predicted octanol–water partition coefficient (Wildman–Crippen LogP) is 2.06. The summed E-state index contributed by atoms with van der Waals surface area (Å²) in [5, 5.41) is 22.1. The number of nitrogens with zero attached hydrogens (tertiary/aromatic N) is 1. The van der Waals surface area contributed by atoms with E-state index < -0.39 is 5.97 Å². The largest absolute Gasteiger partial charge is 0.478 e. The van der Waals surface area contributed by atoms with Gasteiger partial charge in [-0.25, -0.2) is 4.79 Å². The molecule has 1 heterocycles. The fourth-order valence-corrected chi connectivity index (χ4v) is 2.50. The number of carboxylic acid groups (broad SMARTS) is 1. The second-order valence-corrected chi connectivity index (χ2v) is 5.04. The van der Waals surface area contributed by atoms with E-state index in [0.29, 0.717) is 12.1 Å². The number of aryl methyl sites for hydroxylation is 1. The molecule has 5 heteroatoms. The summed E-state index contributed by atoms with van der Waals surface area (Å²) in [4.78, 5) is 15.3. The molecule has 0 radical (unpaired) electrons. The average molecular weight is 264 g/mol. The summed E-state index contributed by atoms with van der Waals surface area (Å²) in [5.74, 6) is -0.978. The lowest BCUT2D eigenvalue weighted by Gasteiger charge is -2.28. The molecule has 1 saturated carbocycles. The number of pyridine rings is 1. The van der Waals surface area contributed by atoms with Crippen LogP contribution in [0, 0.1) is 0 Å². The molecular weight excluding hydrogens is 244 g/mol. The summed E-state index contributed by atoms with van der Waals surface area (Å²) < 4.78 is 0. The molecule has 104 valence electrons. The summed E-state index contributed by atoms with van der Waals surface area (Å²) in [6, 6.07) is 1.93. The minimum absolute atomic E-state index is 0.133. The van der Waals surface area contributed by atoms with Crippen molar-refractivity contribution in [1.82, 2.24) is 4.98 Å². The van der Waals surface area contributed by atoms with E-state index in [0.717, 1.165) is 31.4 Å². The van der Waals surface area contributed by atoms with Crippen molar-refractivity contribution in [2.75, 3.05) is 5.32 Å². The zero-order chi connectivity index (χ0) is 13.8. The summed E-state index contributed by atoms with van der Waals surface area (Å²) in [5.41, 5.74) is 1.67. The molecule has 0 bridgehead atoms. The van der Waals surface area contributed by atoms with E-state index in [4.69, 9.17) is 0 Å². The number of carbonyl (C=O) groups is 1. The van der Waals surface area contributed by atoms with E-state index in [9.17, 15) is 15.0 Å². The molecule has 3 N–H and O–H groups in total. The molecule has 1 aliphatic rings. The van der Waals surface area contributed by atoms with Crippen LogP contribution in [0.15, 0.2) is 12.3 Å². The molecule has 0 saturated heterocycles. The van der Waals surface area contributed by atoms with Gasteiger partial charge in [0.05, 0.1) is 11.8 Å². The fourth-order valence-electron chi connectivity index (χ4n) is 2.50. The highest BCUT2D eigenvalue weighted by molar-refractivity contribution is 5.93. The first kappa shape index (κ1) is 13.8. The third kappa shape index (κ3) is 3.44. The number of hydrogen-bond acceptors (Lipinski definition) is 4. The first-order chi connectivity index (χ1) is 9.10. The van der Waals surface area contributed by atoms with Crippen LogP contribution < -0.4 is 5.32 Å². The summed E-state index contributed by atoms with van der Waals surface area (Å²) in [7, 11) is 0. The van der Waals surface area contributed by atoms with Crippen molar-refractivity contribution in [3.05, 3.63) is 23.5 Å². The maximum Gasteiger partial charge on any atom is 0.339 e. The fraction of sp³-hybridized carbons (Fsp3) is 0.571. The van der Waals surface area contributed by atoms with Gasteiger partial charge in [0, 0.05) is 17.9 Å². The van der Waals surface area contributed by atoms with Crippen LogP contribution >= 0.6 is 0 Å². The number of aromatic nitrogens is 1. The topological polar surface area (TPSA) is 82.5 Å². The van der Waals surface area contributed by atoms with Gasteiger partial charge in [-0.1, -0.05) is 6.92 Å². The quantitative estimate of drug-likeness (QED) is 0.775. The molecule has 0 amide bonds. The van der Waals surface area contributed by atoms with Crippen molar-refractivity contribution >= 4 is 11.7 Å². The standard InChI is InChI=1S/C14H20N2O3/c1-2-9-7-13(12(8-15-9)14(18)19)16-10-4-3-5-11(17)6-10/h7-8,10-11,17H,2-6H2,1H3,(H,15,16)(H,18,19). The molecule has 1 aliphatic carbocycles.